The molecule has 0 radical (unpaired) electrons. The van der Waals surface area contributed by atoms with Crippen molar-refractivity contribution < 1.29 is 17.9 Å². The fraction of sp³-hybridized carbons (Fsp3) is 0.667. The van der Waals surface area contributed by atoms with E-state index in [-0.39, 0.29) is 6.54 Å². The van der Waals surface area contributed by atoms with E-state index in [1.54, 1.807) is 6.92 Å². The van der Waals surface area contributed by atoms with E-state index < -0.39 is 22.1 Å². The number of carbonyl (C=O) groups is 1. The zero-order chi connectivity index (χ0) is 12.2. The number of ether oxygens (including phenoxy) is 1. The van der Waals surface area contributed by atoms with Crippen LogP contribution in [0.1, 0.15) is 13.8 Å². The van der Waals surface area contributed by atoms with Crippen LogP contribution in [-0.4, -0.2) is 44.6 Å². The van der Waals surface area contributed by atoms with Gasteiger partial charge in [-0.1, -0.05) is 6.58 Å². The molecule has 0 aromatic heterocycles. The Hall–Kier alpha value is -0.880. The molecule has 0 saturated carbocycles. The van der Waals surface area contributed by atoms with E-state index in [2.05, 4.69) is 6.58 Å². The summed E-state index contributed by atoms with van der Waals surface area (Å²) in [6, 6.07) is 0. The van der Waals surface area contributed by atoms with Gasteiger partial charge >= 0.3 is 5.97 Å². The first-order valence-electron chi connectivity index (χ1n) is 4.42. The minimum atomic E-state index is -3.23. The van der Waals surface area contributed by atoms with Crippen molar-refractivity contribution in [1.29, 1.82) is 0 Å². The second kappa shape index (κ2) is 5.27. The van der Waals surface area contributed by atoms with E-state index in [0.29, 0.717) is 5.57 Å². The molecule has 0 amide bonds. The van der Waals surface area contributed by atoms with Crippen molar-refractivity contribution in [3.8, 4) is 0 Å². The van der Waals surface area contributed by atoms with Crippen LogP contribution >= 0.6 is 0 Å². The van der Waals surface area contributed by atoms with Gasteiger partial charge < -0.3 is 4.74 Å². The topological polar surface area (TPSA) is 63.7 Å². The zero-order valence-electron chi connectivity index (χ0n) is 9.48. The first kappa shape index (κ1) is 14.1. The summed E-state index contributed by atoms with van der Waals surface area (Å²) < 4.78 is 28.2. The second-order valence-corrected chi connectivity index (χ2v) is 5.63. The number of rotatable bonds is 5. The summed E-state index contributed by atoms with van der Waals surface area (Å²) in [5.41, 5.74) is 0.295. The van der Waals surface area contributed by atoms with Crippen LogP contribution in [-0.2, 0) is 19.6 Å². The molecule has 5 nitrogen and oxygen atoms in total. The summed E-state index contributed by atoms with van der Waals surface area (Å²) >= 11 is 0. The maximum Gasteiger partial charge on any atom is 0.333 e. The highest BCUT2D eigenvalue weighted by Gasteiger charge is 2.17. The van der Waals surface area contributed by atoms with Gasteiger partial charge in [0.1, 0.15) is 6.10 Å². The molecule has 0 aromatic rings. The number of nitrogens with zero attached hydrogens (tertiary/aromatic N) is 1. The van der Waals surface area contributed by atoms with E-state index in [4.69, 9.17) is 4.74 Å². The standard InChI is InChI=1S/C9H17NO4S/c1-7(2)9(11)14-8(3)6-10(4)15(5,12)13/h8H,1,6H2,2-5H3. The Morgan fingerprint density at radius 3 is 2.33 bits per heavy atom. The molecular weight excluding hydrogens is 218 g/mol. The van der Waals surface area contributed by atoms with Gasteiger partial charge in [-0.05, 0) is 13.8 Å². The van der Waals surface area contributed by atoms with E-state index in [1.165, 1.54) is 14.0 Å². The molecule has 0 spiro atoms. The van der Waals surface area contributed by atoms with Crippen LogP contribution in [0.4, 0.5) is 0 Å². The average molecular weight is 235 g/mol. The molecule has 0 aliphatic carbocycles. The molecule has 1 unspecified atom stereocenters. The van der Waals surface area contributed by atoms with Gasteiger partial charge in [0.25, 0.3) is 0 Å². The Morgan fingerprint density at radius 1 is 1.53 bits per heavy atom. The Bertz CT molecular complexity index is 347. The first-order valence-corrected chi connectivity index (χ1v) is 6.27. The Kier molecular flexibility index (Phi) is 4.96. The third-order valence-electron chi connectivity index (χ3n) is 1.74. The van der Waals surface area contributed by atoms with Gasteiger partial charge in [-0.25, -0.2) is 17.5 Å². The highest BCUT2D eigenvalue weighted by molar-refractivity contribution is 7.88. The molecule has 0 aliphatic rings. The molecular formula is C9H17NO4S. The van der Waals surface area contributed by atoms with Crippen LogP contribution in [0.5, 0.6) is 0 Å². The van der Waals surface area contributed by atoms with Crippen molar-refractivity contribution >= 4 is 16.0 Å². The van der Waals surface area contributed by atoms with Gasteiger partial charge in [-0.3, -0.25) is 0 Å². The maximum absolute atomic E-state index is 11.1. The zero-order valence-corrected chi connectivity index (χ0v) is 10.3. The Balaban J connectivity index is 4.22. The molecule has 0 bridgehead atoms. The van der Waals surface area contributed by atoms with Crippen molar-refractivity contribution in [2.75, 3.05) is 19.8 Å². The summed E-state index contributed by atoms with van der Waals surface area (Å²) in [5, 5.41) is 0. The Labute approximate surface area is 90.8 Å². The molecule has 88 valence electrons. The molecule has 0 saturated heterocycles. The predicted octanol–water partition coefficient (Wildman–Crippen LogP) is 0.386. The van der Waals surface area contributed by atoms with Crippen LogP contribution < -0.4 is 0 Å². The minimum absolute atomic E-state index is 0.137. The number of esters is 1. The number of sulfonamides is 1. The summed E-state index contributed by atoms with van der Waals surface area (Å²) in [6.07, 6.45) is 0.606. The van der Waals surface area contributed by atoms with Crippen molar-refractivity contribution in [3.63, 3.8) is 0 Å². The Morgan fingerprint density at radius 2 is 2.00 bits per heavy atom. The third-order valence-corrected chi connectivity index (χ3v) is 3.02. The molecule has 0 N–H and O–H groups in total. The molecule has 6 heteroatoms. The lowest BCUT2D eigenvalue weighted by atomic mass is 10.3. The highest BCUT2D eigenvalue weighted by Crippen LogP contribution is 2.02. The van der Waals surface area contributed by atoms with Gasteiger partial charge in [0, 0.05) is 12.6 Å². The van der Waals surface area contributed by atoms with Gasteiger partial charge in [0.05, 0.1) is 12.8 Å². The van der Waals surface area contributed by atoms with E-state index in [9.17, 15) is 13.2 Å². The predicted molar refractivity (Wildman–Crippen MR) is 57.8 cm³/mol. The average Bonchev–Trinajstić information content (AvgIpc) is 2.01. The molecule has 0 aromatic carbocycles. The minimum Gasteiger partial charge on any atom is -0.458 e. The largest absolute Gasteiger partial charge is 0.458 e. The number of hydrogen-bond donors (Lipinski definition) is 0. The van der Waals surface area contributed by atoms with Crippen molar-refractivity contribution in [2.45, 2.75) is 20.0 Å². The van der Waals surface area contributed by atoms with Crippen LogP contribution in [0.3, 0.4) is 0 Å². The van der Waals surface area contributed by atoms with Gasteiger partial charge in [0.2, 0.25) is 10.0 Å². The lowest BCUT2D eigenvalue weighted by Crippen LogP contribution is -2.34. The number of hydrogen-bond acceptors (Lipinski definition) is 4. The molecule has 1 atom stereocenters. The van der Waals surface area contributed by atoms with Crippen LogP contribution in [0, 0.1) is 0 Å². The lowest BCUT2D eigenvalue weighted by molar-refractivity contribution is -0.143. The quantitative estimate of drug-likeness (QED) is 0.510. The van der Waals surface area contributed by atoms with Crippen LogP contribution in [0.25, 0.3) is 0 Å². The van der Waals surface area contributed by atoms with Crippen molar-refractivity contribution in [1.82, 2.24) is 4.31 Å². The normalized spacial score (nSPS) is 13.7. The number of carbonyl (C=O) groups excluding carboxylic acids is 1. The fourth-order valence-corrected chi connectivity index (χ4v) is 1.30. The molecule has 0 rings (SSSR count). The summed E-state index contributed by atoms with van der Waals surface area (Å²) in [4.78, 5) is 11.1. The third kappa shape index (κ3) is 5.54. The van der Waals surface area contributed by atoms with Crippen LogP contribution in [0.15, 0.2) is 12.2 Å². The molecule has 0 aliphatic heterocycles. The number of likely N-dealkylation sites (N-methyl/N-ethyl adjacent to an activating group) is 1. The summed E-state index contributed by atoms with van der Waals surface area (Å²) in [7, 11) is -1.80. The van der Waals surface area contributed by atoms with Crippen molar-refractivity contribution in [3.05, 3.63) is 12.2 Å². The van der Waals surface area contributed by atoms with E-state index in [0.717, 1.165) is 10.6 Å². The monoisotopic (exact) mass is 235 g/mol. The SMILES string of the molecule is C=C(C)C(=O)OC(C)CN(C)S(C)(=O)=O. The smallest absolute Gasteiger partial charge is 0.333 e. The highest BCUT2D eigenvalue weighted by atomic mass is 32.2. The molecule has 15 heavy (non-hydrogen) atoms. The summed E-state index contributed by atoms with van der Waals surface area (Å²) in [6.45, 7) is 6.73. The maximum atomic E-state index is 11.1. The van der Waals surface area contributed by atoms with Gasteiger partial charge in [-0.2, -0.15) is 0 Å². The fourth-order valence-electron chi connectivity index (χ4n) is 0.818. The van der Waals surface area contributed by atoms with E-state index in [1.807, 2.05) is 0 Å². The lowest BCUT2D eigenvalue weighted by Gasteiger charge is -2.19. The molecule has 0 fully saturated rings. The van der Waals surface area contributed by atoms with Crippen molar-refractivity contribution in [2.24, 2.45) is 0 Å². The first-order chi connectivity index (χ1) is 6.64. The van der Waals surface area contributed by atoms with Gasteiger partial charge in [-0.15, -0.1) is 0 Å². The van der Waals surface area contributed by atoms with Gasteiger partial charge in [0.15, 0.2) is 0 Å². The van der Waals surface area contributed by atoms with Crippen LogP contribution in [0.2, 0.25) is 0 Å². The second-order valence-electron chi connectivity index (χ2n) is 3.54. The van der Waals surface area contributed by atoms with E-state index >= 15 is 0 Å². The summed E-state index contributed by atoms with van der Waals surface area (Å²) in [5.74, 6) is -0.510. The molecule has 0 heterocycles.